The van der Waals surface area contributed by atoms with Gasteiger partial charge in [-0.15, -0.1) is 11.3 Å². The SMILES string of the molecule is O=S(=O)(O)CCCN1C(=Cc2sc3ccccc3[n+]2CCCS(=O)(=O)O)Sc2ccc(-c3cc4ccccc4s3)cc21. The van der Waals surface area contributed by atoms with E-state index in [4.69, 9.17) is 0 Å². The van der Waals surface area contributed by atoms with Crippen molar-refractivity contribution in [1.82, 2.24) is 0 Å². The van der Waals surface area contributed by atoms with Crippen LogP contribution in [0.3, 0.4) is 0 Å². The smallest absolute Gasteiger partial charge is 0.265 e. The van der Waals surface area contributed by atoms with Crippen molar-refractivity contribution < 1.29 is 30.5 Å². The number of hydrogen-bond donors (Lipinski definition) is 2. The first-order valence-corrected chi connectivity index (χ1v) is 18.8. The first-order valence-electron chi connectivity index (χ1n) is 13.2. The highest BCUT2D eigenvalue weighted by molar-refractivity contribution is 8.04. The molecule has 0 saturated carbocycles. The minimum atomic E-state index is -4.10. The molecule has 8 nitrogen and oxygen atoms in total. The van der Waals surface area contributed by atoms with Crippen molar-refractivity contribution >= 4 is 86.7 Å². The van der Waals surface area contributed by atoms with Crippen molar-refractivity contribution in [2.24, 2.45) is 0 Å². The van der Waals surface area contributed by atoms with Crippen LogP contribution < -0.4 is 9.47 Å². The largest absolute Gasteiger partial charge is 0.335 e. The van der Waals surface area contributed by atoms with Crippen LogP contribution >= 0.6 is 34.4 Å². The Labute approximate surface area is 256 Å². The normalized spacial score (nSPS) is 14.8. The summed E-state index contributed by atoms with van der Waals surface area (Å²) >= 11 is 4.89. The Morgan fingerprint density at radius 2 is 1.52 bits per heavy atom. The van der Waals surface area contributed by atoms with Crippen LogP contribution in [0.1, 0.15) is 17.8 Å². The van der Waals surface area contributed by atoms with Crippen molar-refractivity contribution in [3.05, 3.63) is 82.8 Å². The molecule has 1 aliphatic rings. The van der Waals surface area contributed by atoms with Crippen molar-refractivity contribution in [2.45, 2.75) is 24.3 Å². The van der Waals surface area contributed by atoms with Gasteiger partial charge in [-0.05, 0) is 47.7 Å². The third-order valence-corrected chi connectivity index (χ3v) is 11.9. The number of thiazole rings is 1. The number of aryl methyl sites for hydroxylation is 1. The van der Waals surface area contributed by atoms with E-state index in [1.165, 1.54) is 10.1 Å². The van der Waals surface area contributed by atoms with Crippen LogP contribution in [-0.2, 0) is 26.8 Å². The maximum absolute atomic E-state index is 11.5. The first kappa shape index (κ1) is 29.3. The van der Waals surface area contributed by atoms with E-state index in [0.717, 1.165) is 41.3 Å². The maximum Gasteiger partial charge on any atom is 0.265 e. The molecule has 2 N–H and O–H groups in total. The van der Waals surface area contributed by atoms with Crippen LogP contribution in [-0.4, -0.2) is 44.0 Å². The van der Waals surface area contributed by atoms with Crippen LogP contribution in [0.25, 0.3) is 36.8 Å². The van der Waals surface area contributed by atoms with Gasteiger partial charge in [0.25, 0.3) is 25.2 Å². The number of thiophene rings is 1. The van der Waals surface area contributed by atoms with Crippen LogP contribution in [0.4, 0.5) is 5.69 Å². The number of benzene rings is 3. The summed E-state index contributed by atoms with van der Waals surface area (Å²) < 4.78 is 68.7. The quantitative estimate of drug-likeness (QED) is 0.128. The Balaban J connectivity index is 1.39. The number of fused-ring (bicyclic) bond motifs is 3. The zero-order valence-electron chi connectivity index (χ0n) is 22.2. The number of rotatable bonds is 10. The van der Waals surface area contributed by atoms with Gasteiger partial charge in [-0.1, -0.05) is 59.5 Å². The highest BCUT2D eigenvalue weighted by Gasteiger charge is 2.29. The van der Waals surface area contributed by atoms with Crippen molar-refractivity contribution in [3.63, 3.8) is 0 Å². The standard InChI is InChI=1S/C29H26N2O6S5/c32-41(33,34)15-5-13-30-22-8-2-4-10-25(22)39-28(30)19-29-31(14-6-16-42(35,36)37)23-17-21(11-12-26(23)40-29)27-18-20-7-1-3-9-24(20)38-27/h1-4,7-12,17-19H,5-6,13-16H2,(H-,32,33,34,35,36,37)/p+1. The average Bonchev–Trinajstić information content (AvgIpc) is 3.61. The Kier molecular flexibility index (Phi) is 8.17. The first-order chi connectivity index (χ1) is 20.0. The summed E-state index contributed by atoms with van der Waals surface area (Å²) in [6.07, 6.45) is 2.55. The van der Waals surface area contributed by atoms with Crippen molar-refractivity contribution in [2.75, 3.05) is 23.0 Å². The maximum atomic E-state index is 11.5. The highest BCUT2D eigenvalue weighted by Crippen LogP contribution is 2.49. The molecule has 3 aromatic carbocycles. The van der Waals surface area contributed by atoms with E-state index in [1.54, 1.807) is 34.4 Å². The van der Waals surface area contributed by atoms with Gasteiger partial charge in [-0.3, -0.25) is 9.11 Å². The molecule has 0 fully saturated rings. The predicted octanol–water partition coefficient (Wildman–Crippen LogP) is 6.54. The van der Waals surface area contributed by atoms with Gasteiger partial charge in [-0.2, -0.15) is 21.4 Å². The summed E-state index contributed by atoms with van der Waals surface area (Å²) in [5.74, 6) is -0.673. The summed E-state index contributed by atoms with van der Waals surface area (Å²) in [5, 5.41) is 3.00. The lowest BCUT2D eigenvalue weighted by molar-refractivity contribution is -0.668. The molecule has 1 aliphatic heterocycles. The Hall–Kier alpha value is -2.78. The lowest BCUT2D eigenvalue weighted by Gasteiger charge is -2.20. The van der Waals surface area contributed by atoms with Gasteiger partial charge in [0.15, 0.2) is 6.54 Å². The number of nitrogens with zero attached hydrogens (tertiary/aromatic N) is 2. The molecule has 0 bridgehead atoms. The zero-order valence-corrected chi connectivity index (χ0v) is 26.3. The topological polar surface area (TPSA) is 116 Å². The Morgan fingerprint density at radius 1 is 0.810 bits per heavy atom. The summed E-state index contributed by atoms with van der Waals surface area (Å²) in [4.78, 5) is 4.27. The van der Waals surface area contributed by atoms with Gasteiger partial charge in [0.05, 0.1) is 28.3 Å². The van der Waals surface area contributed by atoms with E-state index < -0.39 is 20.2 Å². The molecule has 0 unspecified atom stereocenters. The number of thioether (sulfide) groups is 1. The summed E-state index contributed by atoms with van der Waals surface area (Å²) in [6.45, 7) is 0.786. The molecule has 0 aliphatic carbocycles. The predicted molar refractivity (Wildman–Crippen MR) is 173 cm³/mol. The summed E-state index contributed by atoms with van der Waals surface area (Å²) in [7, 11) is -8.18. The molecule has 0 atom stereocenters. The number of anilines is 1. The molecule has 3 heterocycles. The number of para-hydroxylation sites is 1. The molecular formula is C29H27N2O6S5+. The van der Waals surface area contributed by atoms with Crippen LogP contribution in [0.2, 0.25) is 0 Å². The van der Waals surface area contributed by atoms with Crippen LogP contribution in [0.15, 0.2) is 82.7 Å². The lowest BCUT2D eigenvalue weighted by Crippen LogP contribution is -2.36. The van der Waals surface area contributed by atoms with Crippen LogP contribution in [0.5, 0.6) is 0 Å². The summed E-state index contributed by atoms with van der Waals surface area (Å²) in [5.41, 5.74) is 3.00. The minimum absolute atomic E-state index is 0.240. The molecule has 0 amide bonds. The molecule has 5 aromatic rings. The minimum Gasteiger partial charge on any atom is -0.335 e. The molecule has 0 spiro atoms. The van der Waals surface area contributed by atoms with Gasteiger partial charge < -0.3 is 4.90 Å². The third-order valence-electron chi connectivity index (χ3n) is 6.89. The molecular weight excluding hydrogens is 633 g/mol. The van der Waals surface area contributed by atoms with Crippen LogP contribution in [0, 0.1) is 0 Å². The fourth-order valence-electron chi connectivity index (χ4n) is 5.02. The van der Waals surface area contributed by atoms with Gasteiger partial charge >= 0.3 is 0 Å². The van der Waals surface area contributed by atoms with E-state index in [2.05, 4.69) is 51.9 Å². The second-order valence-electron chi connectivity index (χ2n) is 9.91. The second-order valence-corrected chi connectivity index (χ2v) is 16.3. The van der Waals surface area contributed by atoms with Gasteiger partial charge in [-0.25, -0.2) is 0 Å². The second kappa shape index (κ2) is 11.7. The molecule has 0 saturated heterocycles. The number of aromatic nitrogens is 1. The van der Waals surface area contributed by atoms with Crippen molar-refractivity contribution in [3.8, 4) is 10.4 Å². The fraction of sp³-hybridized carbons (Fsp3) is 0.207. The molecule has 0 radical (unpaired) electrons. The zero-order chi connectivity index (χ0) is 29.5. The lowest BCUT2D eigenvalue weighted by atomic mass is 10.1. The third kappa shape index (κ3) is 6.57. The van der Waals surface area contributed by atoms with E-state index in [-0.39, 0.29) is 24.3 Å². The highest BCUT2D eigenvalue weighted by atomic mass is 32.2. The van der Waals surface area contributed by atoms with E-state index in [1.807, 2.05) is 36.4 Å². The van der Waals surface area contributed by atoms with E-state index >= 15 is 0 Å². The van der Waals surface area contributed by atoms with Gasteiger partial charge in [0.1, 0.15) is 4.70 Å². The fourth-order valence-corrected chi connectivity index (χ4v) is 9.38. The van der Waals surface area contributed by atoms with Crippen molar-refractivity contribution in [1.29, 1.82) is 0 Å². The molecule has 6 rings (SSSR count). The average molecular weight is 660 g/mol. The number of hydrogen-bond acceptors (Lipinski definition) is 8. The molecule has 2 aromatic heterocycles. The van der Waals surface area contributed by atoms with Gasteiger partial charge in [0.2, 0.25) is 5.52 Å². The van der Waals surface area contributed by atoms with E-state index in [0.29, 0.717) is 13.1 Å². The van der Waals surface area contributed by atoms with Gasteiger partial charge in [0, 0.05) is 33.5 Å². The summed E-state index contributed by atoms with van der Waals surface area (Å²) in [6, 6.07) is 24.6. The molecule has 13 heteroatoms. The Morgan fingerprint density at radius 3 is 2.29 bits per heavy atom. The monoisotopic (exact) mass is 659 g/mol. The molecule has 218 valence electrons. The molecule has 42 heavy (non-hydrogen) atoms. The van der Waals surface area contributed by atoms with E-state index in [9.17, 15) is 25.9 Å². The Bertz CT molecular complexity index is 2010.